The second kappa shape index (κ2) is 7.26. The van der Waals surface area contributed by atoms with Crippen LogP contribution >= 0.6 is 0 Å². The van der Waals surface area contributed by atoms with E-state index in [0.29, 0.717) is 28.9 Å². The van der Waals surface area contributed by atoms with E-state index < -0.39 is 5.97 Å². The van der Waals surface area contributed by atoms with Crippen molar-refractivity contribution in [3.8, 4) is 17.5 Å². The lowest BCUT2D eigenvalue weighted by molar-refractivity contribution is 0.0595. The molecule has 0 fully saturated rings. The van der Waals surface area contributed by atoms with Crippen LogP contribution in [0.4, 0.5) is 0 Å². The maximum Gasteiger partial charge on any atom is 0.341 e. The molecule has 7 heteroatoms. The molecule has 0 aliphatic carbocycles. The Kier molecular flexibility index (Phi) is 5.13. The van der Waals surface area contributed by atoms with Crippen molar-refractivity contribution in [3.63, 3.8) is 0 Å². The van der Waals surface area contributed by atoms with E-state index in [1.54, 1.807) is 30.3 Å². The van der Waals surface area contributed by atoms with Crippen LogP contribution < -0.4 is 14.2 Å². The zero-order valence-corrected chi connectivity index (χ0v) is 12.5. The molecule has 1 aromatic heterocycles. The highest BCUT2D eigenvalue weighted by molar-refractivity contribution is 5.92. The molecule has 0 N–H and O–H groups in total. The first-order valence-corrected chi connectivity index (χ1v) is 6.44. The summed E-state index contributed by atoms with van der Waals surface area (Å²) in [5, 5.41) is 0. The predicted molar refractivity (Wildman–Crippen MR) is 77.2 cm³/mol. The van der Waals surface area contributed by atoms with Crippen molar-refractivity contribution in [2.75, 3.05) is 21.3 Å². The molecule has 22 heavy (non-hydrogen) atoms. The maximum absolute atomic E-state index is 11.7. The minimum absolute atomic E-state index is 0.0571. The topological polar surface area (TPSA) is 79.8 Å². The number of rotatable bonds is 6. The summed E-state index contributed by atoms with van der Waals surface area (Å²) in [5.74, 6) is 1.02. The van der Waals surface area contributed by atoms with Crippen molar-refractivity contribution in [3.05, 3.63) is 41.7 Å². The van der Waals surface area contributed by atoms with Crippen LogP contribution in [0.3, 0.4) is 0 Å². The standard InChI is InChI=1S/C15H16N2O5/c1-19-13-8-14(20-2)17-12(16-13)9-22-11-7-5-4-6-10(11)15(18)21-3/h4-8H,9H2,1-3H3. The van der Waals surface area contributed by atoms with Crippen LogP contribution in [0.2, 0.25) is 0 Å². The van der Waals surface area contributed by atoms with Crippen LogP contribution in [0.25, 0.3) is 0 Å². The number of hydrogen-bond acceptors (Lipinski definition) is 7. The molecule has 0 atom stereocenters. The molecule has 2 rings (SSSR count). The van der Waals surface area contributed by atoms with E-state index in [2.05, 4.69) is 9.97 Å². The van der Waals surface area contributed by atoms with Crippen LogP contribution in [-0.4, -0.2) is 37.3 Å². The smallest absolute Gasteiger partial charge is 0.341 e. The Morgan fingerprint density at radius 3 is 2.27 bits per heavy atom. The van der Waals surface area contributed by atoms with Crippen LogP contribution in [-0.2, 0) is 11.3 Å². The van der Waals surface area contributed by atoms with Crippen molar-refractivity contribution >= 4 is 5.97 Å². The zero-order valence-electron chi connectivity index (χ0n) is 12.5. The molecule has 0 saturated carbocycles. The van der Waals surface area contributed by atoms with Crippen molar-refractivity contribution in [1.29, 1.82) is 0 Å². The number of methoxy groups -OCH3 is 3. The number of nitrogens with zero attached hydrogens (tertiary/aromatic N) is 2. The van der Waals surface area contributed by atoms with Gasteiger partial charge in [0, 0.05) is 0 Å². The molecule has 1 aromatic carbocycles. The monoisotopic (exact) mass is 304 g/mol. The van der Waals surface area contributed by atoms with Crippen molar-refractivity contribution in [1.82, 2.24) is 9.97 Å². The van der Waals surface area contributed by atoms with Gasteiger partial charge in [0.2, 0.25) is 11.8 Å². The van der Waals surface area contributed by atoms with E-state index in [-0.39, 0.29) is 6.61 Å². The average Bonchev–Trinajstić information content (AvgIpc) is 2.59. The molecular weight excluding hydrogens is 288 g/mol. The third-order valence-electron chi connectivity index (χ3n) is 2.79. The first-order valence-electron chi connectivity index (χ1n) is 6.44. The van der Waals surface area contributed by atoms with Crippen LogP contribution in [0.5, 0.6) is 17.5 Å². The molecular formula is C15H16N2O5. The number of ether oxygens (including phenoxy) is 4. The lowest BCUT2D eigenvalue weighted by Crippen LogP contribution is -2.08. The van der Waals surface area contributed by atoms with Gasteiger partial charge in [0.1, 0.15) is 17.9 Å². The molecule has 2 aromatic rings. The summed E-state index contributed by atoms with van der Waals surface area (Å²) in [5.41, 5.74) is 0.333. The molecule has 0 aliphatic heterocycles. The van der Waals surface area contributed by atoms with Gasteiger partial charge < -0.3 is 18.9 Å². The van der Waals surface area contributed by atoms with Gasteiger partial charge in [-0.1, -0.05) is 12.1 Å². The van der Waals surface area contributed by atoms with Crippen LogP contribution in [0, 0.1) is 0 Å². The average molecular weight is 304 g/mol. The third-order valence-corrected chi connectivity index (χ3v) is 2.79. The van der Waals surface area contributed by atoms with E-state index in [0.717, 1.165) is 0 Å². The number of esters is 1. The molecule has 0 amide bonds. The van der Waals surface area contributed by atoms with Gasteiger partial charge in [-0.3, -0.25) is 0 Å². The quantitative estimate of drug-likeness (QED) is 0.753. The molecule has 0 radical (unpaired) electrons. The molecule has 116 valence electrons. The fourth-order valence-electron chi connectivity index (χ4n) is 1.74. The molecule has 0 spiro atoms. The summed E-state index contributed by atoms with van der Waals surface area (Å²) in [6.45, 7) is 0.0571. The number of aromatic nitrogens is 2. The summed E-state index contributed by atoms with van der Waals surface area (Å²) < 4.78 is 20.5. The Morgan fingerprint density at radius 1 is 1.05 bits per heavy atom. The highest BCUT2D eigenvalue weighted by Crippen LogP contribution is 2.21. The molecule has 7 nitrogen and oxygen atoms in total. The molecule has 0 unspecified atom stereocenters. The maximum atomic E-state index is 11.7. The third kappa shape index (κ3) is 3.63. The Labute approximate surface area is 127 Å². The summed E-state index contributed by atoms with van der Waals surface area (Å²) in [6.07, 6.45) is 0. The van der Waals surface area contributed by atoms with Gasteiger partial charge in [-0.25, -0.2) is 4.79 Å². The van der Waals surface area contributed by atoms with E-state index in [1.807, 2.05) is 0 Å². The minimum atomic E-state index is -0.472. The van der Waals surface area contributed by atoms with Crippen LogP contribution in [0.1, 0.15) is 16.2 Å². The number of benzene rings is 1. The zero-order chi connectivity index (χ0) is 15.9. The summed E-state index contributed by atoms with van der Waals surface area (Å²) >= 11 is 0. The number of para-hydroxylation sites is 1. The van der Waals surface area contributed by atoms with Crippen molar-refractivity contribution in [2.24, 2.45) is 0 Å². The van der Waals surface area contributed by atoms with Gasteiger partial charge in [0.05, 0.1) is 27.4 Å². The van der Waals surface area contributed by atoms with Gasteiger partial charge in [0.25, 0.3) is 0 Å². The Bertz CT molecular complexity index is 638. The highest BCUT2D eigenvalue weighted by atomic mass is 16.5. The fraction of sp³-hybridized carbons (Fsp3) is 0.267. The van der Waals surface area contributed by atoms with E-state index in [4.69, 9.17) is 18.9 Å². The van der Waals surface area contributed by atoms with E-state index >= 15 is 0 Å². The summed E-state index contributed by atoms with van der Waals surface area (Å²) in [7, 11) is 4.31. The van der Waals surface area contributed by atoms with Crippen LogP contribution in [0.15, 0.2) is 30.3 Å². The van der Waals surface area contributed by atoms with Gasteiger partial charge in [-0.05, 0) is 12.1 Å². The fourth-order valence-corrected chi connectivity index (χ4v) is 1.74. The largest absolute Gasteiger partial charge is 0.485 e. The van der Waals surface area contributed by atoms with Gasteiger partial charge in [0.15, 0.2) is 5.82 Å². The molecule has 0 aliphatic rings. The van der Waals surface area contributed by atoms with E-state index in [1.165, 1.54) is 21.3 Å². The van der Waals surface area contributed by atoms with Gasteiger partial charge >= 0.3 is 5.97 Å². The number of carbonyl (C=O) groups is 1. The second-order valence-electron chi connectivity index (χ2n) is 4.15. The number of hydrogen-bond donors (Lipinski definition) is 0. The Balaban J connectivity index is 2.18. The predicted octanol–water partition coefficient (Wildman–Crippen LogP) is 1.86. The Morgan fingerprint density at radius 2 is 1.68 bits per heavy atom. The highest BCUT2D eigenvalue weighted by Gasteiger charge is 2.13. The number of carbonyl (C=O) groups excluding carboxylic acids is 1. The lowest BCUT2D eigenvalue weighted by atomic mass is 10.2. The second-order valence-corrected chi connectivity index (χ2v) is 4.15. The minimum Gasteiger partial charge on any atom is -0.485 e. The molecule has 0 bridgehead atoms. The van der Waals surface area contributed by atoms with Gasteiger partial charge in [-0.2, -0.15) is 9.97 Å². The summed E-state index contributed by atoms with van der Waals surface area (Å²) in [6, 6.07) is 8.34. The molecule has 1 heterocycles. The van der Waals surface area contributed by atoms with Gasteiger partial charge in [-0.15, -0.1) is 0 Å². The first-order chi connectivity index (χ1) is 10.7. The van der Waals surface area contributed by atoms with E-state index in [9.17, 15) is 4.79 Å². The molecule has 0 saturated heterocycles. The van der Waals surface area contributed by atoms with Crippen molar-refractivity contribution < 1.29 is 23.7 Å². The Hall–Kier alpha value is -2.83. The SMILES string of the molecule is COC(=O)c1ccccc1OCc1nc(OC)cc(OC)n1. The normalized spacial score (nSPS) is 9.95. The van der Waals surface area contributed by atoms with Crippen molar-refractivity contribution in [2.45, 2.75) is 6.61 Å². The summed E-state index contributed by atoms with van der Waals surface area (Å²) in [4.78, 5) is 20.0. The lowest BCUT2D eigenvalue weighted by Gasteiger charge is -2.10. The first kappa shape index (κ1) is 15.6.